The summed E-state index contributed by atoms with van der Waals surface area (Å²) in [6.07, 6.45) is 6.46. The standard InChI is InChI=1S/C11H18O/c1-2-3-4-5-7-10-8-6-9-11(10)12/h10-12H,2-4,6,8-9H2,1H3/t10-,11-/m0/s1. The fourth-order valence-corrected chi connectivity index (χ4v) is 1.58. The minimum atomic E-state index is -0.140. The Balaban J connectivity index is 2.22. The molecule has 0 aromatic rings. The van der Waals surface area contributed by atoms with Crippen LogP contribution in [0.4, 0.5) is 0 Å². The van der Waals surface area contributed by atoms with Gasteiger partial charge in [-0.05, 0) is 25.7 Å². The lowest BCUT2D eigenvalue weighted by Gasteiger charge is -2.04. The maximum absolute atomic E-state index is 9.44. The van der Waals surface area contributed by atoms with Gasteiger partial charge in [-0.25, -0.2) is 0 Å². The zero-order chi connectivity index (χ0) is 8.81. The van der Waals surface area contributed by atoms with Crippen LogP contribution < -0.4 is 0 Å². The first kappa shape index (κ1) is 9.61. The molecule has 0 bridgehead atoms. The second-order valence-electron chi connectivity index (χ2n) is 3.53. The molecule has 1 aliphatic rings. The third-order valence-corrected chi connectivity index (χ3v) is 2.42. The topological polar surface area (TPSA) is 20.2 Å². The van der Waals surface area contributed by atoms with Gasteiger partial charge in [-0.3, -0.25) is 0 Å². The van der Waals surface area contributed by atoms with E-state index >= 15 is 0 Å². The van der Waals surface area contributed by atoms with Crippen LogP contribution in [-0.4, -0.2) is 11.2 Å². The summed E-state index contributed by atoms with van der Waals surface area (Å²) in [5, 5.41) is 9.44. The van der Waals surface area contributed by atoms with Crippen molar-refractivity contribution >= 4 is 0 Å². The Morgan fingerprint density at radius 3 is 2.83 bits per heavy atom. The van der Waals surface area contributed by atoms with E-state index in [9.17, 15) is 5.11 Å². The highest BCUT2D eigenvalue weighted by Gasteiger charge is 2.22. The van der Waals surface area contributed by atoms with Crippen molar-refractivity contribution in [3.63, 3.8) is 0 Å². The zero-order valence-corrected chi connectivity index (χ0v) is 7.84. The van der Waals surface area contributed by atoms with Gasteiger partial charge in [0, 0.05) is 12.3 Å². The molecule has 0 radical (unpaired) electrons. The van der Waals surface area contributed by atoms with Gasteiger partial charge in [-0.1, -0.05) is 19.3 Å². The number of aliphatic hydroxyl groups excluding tert-OH is 1. The smallest absolute Gasteiger partial charge is 0.0677 e. The molecular formula is C11H18O. The first-order valence-corrected chi connectivity index (χ1v) is 5.01. The Morgan fingerprint density at radius 2 is 2.25 bits per heavy atom. The average molecular weight is 166 g/mol. The quantitative estimate of drug-likeness (QED) is 0.493. The number of rotatable bonds is 2. The van der Waals surface area contributed by atoms with Crippen molar-refractivity contribution in [1.82, 2.24) is 0 Å². The Labute approximate surface area is 75.2 Å². The van der Waals surface area contributed by atoms with E-state index in [1.54, 1.807) is 0 Å². The Morgan fingerprint density at radius 1 is 1.42 bits per heavy atom. The highest BCUT2D eigenvalue weighted by Crippen LogP contribution is 2.24. The van der Waals surface area contributed by atoms with Crippen LogP contribution in [0.15, 0.2) is 0 Å². The molecule has 68 valence electrons. The van der Waals surface area contributed by atoms with E-state index in [0.717, 1.165) is 25.7 Å². The van der Waals surface area contributed by atoms with Crippen LogP contribution in [0.1, 0.15) is 45.4 Å². The molecule has 0 saturated heterocycles. The first-order valence-electron chi connectivity index (χ1n) is 5.01. The van der Waals surface area contributed by atoms with Crippen molar-refractivity contribution in [2.75, 3.05) is 0 Å². The summed E-state index contributed by atoms with van der Waals surface area (Å²) in [6, 6.07) is 0. The summed E-state index contributed by atoms with van der Waals surface area (Å²) in [5.41, 5.74) is 0. The lowest BCUT2D eigenvalue weighted by Crippen LogP contribution is -2.10. The summed E-state index contributed by atoms with van der Waals surface area (Å²) >= 11 is 0. The van der Waals surface area contributed by atoms with Gasteiger partial charge in [0.15, 0.2) is 0 Å². The largest absolute Gasteiger partial charge is 0.392 e. The number of aliphatic hydroxyl groups is 1. The van der Waals surface area contributed by atoms with Crippen LogP contribution in [-0.2, 0) is 0 Å². The number of hydrogen-bond donors (Lipinski definition) is 1. The van der Waals surface area contributed by atoms with E-state index in [0.29, 0.717) is 0 Å². The van der Waals surface area contributed by atoms with E-state index in [1.807, 2.05) is 0 Å². The van der Waals surface area contributed by atoms with Crippen molar-refractivity contribution in [2.24, 2.45) is 5.92 Å². The molecule has 1 saturated carbocycles. The minimum Gasteiger partial charge on any atom is -0.392 e. The molecule has 0 aromatic heterocycles. The van der Waals surface area contributed by atoms with Crippen LogP contribution in [0.5, 0.6) is 0 Å². The van der Waals surface area contributed by atoms with E-state index in [4.69, 9.17) is 0 Å². The Hall–Kier alpha value is -0.480. The zero-order valence-electron chi connectivity index (χ0n) is 7.84. The molecule has 1 N–H and O–H groups in total. The molecule has 0 spiro atoms. The van der Waals surface area contributed by atoms with Crippen molar-refractivity contribution in [3.8, 4) is 11.8 Å². The highest BCUT2D eigenvalue weighted by molar-refractivity contribution is 5.07. The minimum absolute atomic E-state index is 0.140. The molecule has 1 fully saturated rings. The molecule has 0 aliphatic heterocycles. The fraction of sp³-hybridized carbons (Fsp3) is 0.818. The summed E-state index contributed by atoms with van der Waals surface area (Å²) < 4.78 is 0. The second kappa shape index (κ2) is 5.22. The summed E-state index contributed by atoms with van der Waals surface area (Å²) in [7, 11) is 0. The highest BCUT2D eigenvalue weighted by atomic mass is 16.3. The van der Waals surface area contributed by atoms with Gasteiger partial charge in [-0.15, -0.1) is 5.92 Å². The van der Waals surface area contributed by atoms with Crippen LogP contribution in [0.2, 0.25) is 0 Å². The van der Waals surface area contributed by atoms with Gasteiger partial charge < -0.3 is 5.11 Å². The predicted molar refractivity (Wildman–Crippen MR) is 50.6 cm³/mol. The van der Waals surface area contributed by atoms with Gasteiger partial charge >= 0.3 is 0 Å². The molecule has 0 aromatic carbocycles. The molecule has 2 atom stereocenters. The molecule has 0 heterocycles. The van der Waals surface area contributed by atoms with Crippen molar-refractivity contribution in [1.29, 1.82) is 0 Å². The lowest BCUT2D eigenvalue weighted by molar-refractivity contribution is 0.157. The summed E-state index contributed by atoms with van der Waals surface area (Å²) in [6.45, 7) is 2.17. The van der Waals surface area contributed by atoms with Crippen LogP contribution in [0, 0.1) is 17.8 Å². The van der Waals surface area contributed by atoms with Gasteiger partial charge in [0.1, 0.15) is 0 Å². The van der Waals surface area contributed by atoms with E-state index in [-0.39, 0.29) is 12.0 Å². The van der Waals surface area contributed by atoms with Gasteiger partial charge in [-0.2, -0.15) is 0 Å². The van der Waals surface area contributed by atoms with E-state index in [2.05, 4.69) is 18.8 Å². The predicted octanol–water partition coefficient (Wildman–Crippen LogP) is 2.34. The van der Waals surface area contributed by atoms with Gasteiger partial charge in [0.2, 0.25) is 0 Å². The fourth-order valence-electron chi connectivity index (χ4n) is 1.58. The third kappa shape index (κ3) is 2.87. The molecule has 1 nitrogen and oxygen atoms in total. The molecular weight excluding hydrogens is 148 g/mol. The van der Waals surface area contributed by atoms with Crippen LogP contribution in [0.3, 0.4) is 0 Å². The molecule has 12 heavy (non-hydrogen) atoms. The monoisotopic (exact) mass is 166 g/mol. The van der Waals surface area contributed by atoms with Gasteiger partial charge in [0.05, 0.1) is 6.10 Å². The van der Waals surface area contributed by atoms with Crippen molar-refractivity contribution in [2.45, 2.75) is 51.6 Å². The normalized spacial score (nSPS) is 28.2. The lowest BCUT2D eigenvalue weighted by atomic mass is 10.1. The number of hydrogen-bond acceptors (Lipinski definition) is 1. The molecule has 1 rings (SSSR count). The molecule has 0 amide bonds. The maximum Gasteiger partial charge on any atom is 0.0677 e. The van der Waals surface area contributed by atoms with Crippen molar-refractivity contribution in [3.05, 3.63) is 0 Å². The number of unbranched alkanes of at least 4 members (excludes halogenated alkanes) is 2. The Kier molecular flexibility index (Phi) is 4.18. The average Bonchev–Trinajstić information content (AvgIpc) is 2.46. The van der Waals surface area contributed by atoms with E-state index in [1.165, 1.54) is 12.8 Å². The Bertz CT molecular complexity index is 175. The van der Waals surface area contributed by atoms with Gasteiger partial charge in [0.25, 0.3) is 0 Å². The van der Waals surface area contributed by atoms with E-state index < -0.39 is 0 Å². The SMILES string of the molecule is CCCCC#C[C@H]1CCC[C@@H]1O. The molecule has 1 heteroatoms. The maximum atomic E-state index is 9.44. The summed E-state index contributed by atoms with van der Waals surface area (Å²) in [4.78, 5) is 0. The van der Waals surface area contributed by atoms with Crippen molar-refractivity contribution < 1.29 is 5.11 Å². The second-order valence-corrected chi connectivity index (χ2v) is 3.53. The van der Waals surface area contributed by atoms with Crippen LogP contribution in [0.25, 0.3) is 0 Å². The molecule has 0 unspecified atom stereocenters. The summed E-state index contributed by atoms with van der Waals surface area (Å²) in [5.74, 6) is 6.59. The van der Waals surface area contributed by atoms with Crippen LogP contribution >= 0.6 is 0 Å². The first-order chi connectivity index (χ1) is 5.84. The third-order valence-electron chi connectivity index (χ3n) is 2.42. The molecule has 1 aliphatic carbocycles.